The maximum atomic E-state index is 12.0. The number of benzene rings is 1. The second-order valence-corrected chi connectivity index (χ2v) is 7.42. The first kappa shape index (κ1) is 18.8. The Balaban J connectivity index is 1.54. The molecule has 0 aliphatic carbocycles. The third-order valence-corrected chi connectivity index (χ3v) is 5.37. The second-order valence-electron chi connectivity index (χ2n) is 6.19. The number of nitrogens with one attached hydrogen (secondary N) is 2. The minimum absolute atomic E-state index is 0.212. The van der Waals surface area contributed by atoms with Crippen LogP contribution in [0.2, 0.25) is 5.02 Å². The van der Waals surface area contributed by atoms with Crippen molar-refractivity contribution in [3.8, 4) is 23.0 Å². The number of hydrogen-bond donors (Lipinski definition) is 3. The number of fused-ring (bicyclic) bond motifs is 1. The Kier molecular flexibility index (Phi) is 5.25. The van der Waals surface area contributed by atoms with Crippen molar-refractivity contribution < 1.29 is 9.84 Å². The highest BCUT2D eigenvalue weighted by atomic mass is 79.9. The van der Waals surface area contributed by atoms with Crippen LogP contribution in [0.5, 0.6) is 5.88 Å². The molecule has 1 aromatic heterocycles. The van der Waals surface area contributed by atoms with E-state index in [1.165, 1.54) is 0 Å². The van der Waals surface area contributed by atoms with E-state index in [2.05, 4.69) is 31.1 Å². The first-order valence-electron chi connectivity index (χ1n) is 8.54. The lowest BCUT2D eigenvalue weighted by molar-refractivity contribution is 0.139. The molecule has 4 rings (SSSR count). The van der Waals surface area contributed by atoms with Crippen molar-refractivity contribution in [2.24, 2.45) is 0 Å². The first-order chi connectivity index (χ1) is 13.5. The summed E-state index contributed by atoms with van der Waals surface area (Å²) in [5.41, 5.74) is 2.76. The van der Waals surface area contributed by atoms with Crippen molar-refractivity contribution in [2.45, 2.75) is 12.5 Å². The average Bonchev–Trinajstić information content (AvgIpc) is 2.68. The summed E-state index contributed by atoms with van der Waals surface area (Å²) in [5.74, 6) is 0.264. The predicted octanol–water partition coefficient (Wildman–Crippen LogP) is 3.91. The first-order valence-corrected chi connectivity index (χ1v) is 9.71. The van der Waals surface area contributed by atoms with Gasteiger partial charge in [-0.05, 0) is 45.8 Å². The molecule has 0 unspecified atom stereocenters. The van der Waals surface area contributed by atoms with Crippen molar-refractivity contribution in [3.05, 3.63) is 74.2 Å². The van der Waals surface area contributed by atoms with Crippen molar-refractivity contribution in [1.29, 1.82) is 0 Å². The summed E-state index contributed by atoms with van der Waals surface area (Å²) in [5, 5.41) is 17.4. The molecule has 0 spiro atoms. The zero-order chi connectivity index (χ0) is 19.7. The summed E-state index contributed by atoms with van der Waals surface area (Å²) in [6.07, 6.45) is 3.34. The van der Waals surface area contributed by atoms with Gasteiger partial charge in [0, 0.05) is 23.8 Å². The largest absolute Gasteiger partial charge is 0.475 e. The SMILES string of the molecule is O=c1[nH]nc(OCC[C@H](O)c2ccc(Cl)cc2)c(-n2cc3[nH]cccc2-3)c1Br. The van der Waals surface area contributed by atoms with E-state index >= 15 is 0 Å². The maximum Gasteiger partial charge on any atom is 0.280 e. The van der Waals surface area contributed by atoms with Gasteiger partial charge in [-0.3, -0.25) is 4.79 Å². The van der Waals surface area contributed by atoms with Gasteiger partial charge in [0.05, 0.1) is 24.1 Å². The molecule has 0 radical (unpaired) electrons. The number of ether oxygens (including phenoxy) is 1. The summed E-state index contributed by atoms with van der Waals surface area (Å²) < 4.78 is 7.93. The number of aromatic nitrogens is 4. The minimum Gasteiger partial charge on any atom is -0.475 e. The van der Waals surface area contributed by atoms with Crippen molar-refractivity contribution >= 4 is 27.5 Å². The van der Waals surface area contributed by atoms with Gasteiger partial charge in [-0.1, -0.05) is 23.7 Å². The summed E-state index contributed by atoms with van der Waals surface area (Å²) in [4.78, 5) is 15.1. The Hall–Kier alpha value is -2.55. The summed E-state index contributed by atoms with van der Waals surface area (Å²) in [6.45, 7) is 0.212. The standard InChI is InChI=1S/C19H16BrClN4O3/c20-16-17(25-10-13-14(25)2-1-8-22-13)19(24-23-18(16)27)28-9-7-15(26)11-3-5-12(21)6-4-11/h1-6,8,10,15,22,26H,7,9H2,(H,23,27)/t15-/m0/s1. The molecular weight excluding hydrogens is 448 g/mol. The molecule has 2 aliphatic heterocycles. The average molecular weight is 464 g/mol. The molecule has 0 bridgehead atoms. The van der Waals surface area contributed by atoms with Gasteiger partial charge >= 0.3 is 0 Å². The van der Waals surface area contributed by atoms with Crippen LogP contribution in [0.3, 0.4) is 0 Å². The lowest BCUT2D eigenvalue weighted by atomic mass is 10.1. The van der Waals surface area contributed by atoms with E-state index in [1.807, 2.05) is 29.1 Å². The lowest BCUT2D eigenvalue weighted by Crippen LogP contribution is -2.19. The van der Waals surface area contributed by atoms with Gasteiger partial charge in [0.25, 0.3) is 11.4 Å². The van der Waals surface area contributed by atoms with Crippen LogP contribution in [0, 0.1) is 0 Å². The number of H-pyrrole nitrogens is 2. The fraction of sp³-hybridized carbons (Fsp3) is 0.158. The van der Waals surface area contributed by atoms with Crippen molar-refractivity contribution in [3.63, 3.8) is 0 Å². The molecule has 3 N–H and O–H groups in total. The molecule has 9 heteroatoms. The number of halogens is 2. The molecule has 2 aromatic rings. The quantitative estimate of drug-likeness (QED) is 0.404. The van der Waals surface area contributed by atoms with Gasteiger partial charge in [-0.25, -0.2) is 5.10 Å². The summed E-state index contributed by atoms with van der Waals surface area (Å²) in [6, 6.07) is 10.8. The fourth-order valence-electron chi connectivity index (χ4n) is 2.91. The van der Waals surface area contributed by atoms with Crippen LogP contribution < -0.4 is 10.3 Å². The van der Waals surface area contributed by atoms with Crippen LogP contribution in [-0.2, 0) is 0 Å². The molecule has 144 valence electrons. The van der Waals surface area contributed by atoms with Gasteiger partial charge in [0.1, 0.15) is 10.2 Å². The number of pyridine rings is 1. The number of aliphatic hydroxyl groups is 1. The number of aromatic amines is 2. The van der Waals surface area contributed by atoms with Gasteiger partial charge < -0.3 is 19.4 Å². The van der Waals surface area contributed by atoms with Crippen LogP contribution in [0.15, 0.2) is 58.1 Å². The Bertz CT molecular complexity index is 1120. The minimum atomic E-state index is -0.696. The Morgan fingerprint density at radius 3 is 2.82 bits per heavy atom. The van der Waals surface area contributed by atoms with E-state index in [9.17, 15) is 9.90 Å². The molecule has 2 aliphatic rings. The smallest absolute Gasteiger partial charge is 0.280 e. The normalized spacial score (nSPS) is 12.4. The lowest BCUT2D eigenvalue weighted by Gasteiger charge is -2.23. The van der Waals surface area contributed by atoms with Crippen LogP contribution in [-0.4, -0.2) is 31.5 Å². The topological polar surface area (TPSA) is 95.9 Å². The number of aliphatic hydroxyl groups excluding tert-OH is 1. The molecule has 28 heavy (non-hydrogen) atoms. The van der Waals surface area contributed by atoms with Crippen LogP contribution in [0.25, 0.3) is 17.1 Å². The van der Waals surface area contributed by atoms with Crippen LogP contribution in [0.1, 0.15) is 18.1 Å². The van der Waals surface area contributed by atoms with E-state index in [1.54, 1.807) is 24.3 Å². The summed E-state index contributed by atoms with van der Waals surface area (Å²) in [7, 11) is 0. The Morgan fingerprint density at radius 2 is 2.07 bits per heavy atom. The molecule has 3 heterocycles. The molecule has 0 saturated heterocycles. The number of rotatable bonds is 6. The molecule has 0 saturated carbocycles. The van der Waals surface area contributed by atoms with Gasteiger partial charge in [-0.15, -0.1) is 5.10 Å². The molecule has 7 nitrogen and oxygen atoms in total. The monoisotopic (exact) mass is 462 g/mol. The molecule has 0 fully saturated rings. The Morgan fingerprint density at radius 1 is 1.29 bits per heavy atom. The van der Waals surface area contributed by atoms with Crippen molar-refractivity contribution in [1.82, 2.24) is 19.7 Å². The predicted molar refractivity (Wildman–Crippen MR) is 109 cm³/mol. The fourth-order valence-corrected chi connectivity index (χ4v) is 3.48. The number of hydrogen-bond acceptors (Lipinski definition) is 4. The highest BCUT2D eigenvalue weighted by Gasteiger charge is 2.22. The zero-order valence-electron chi connectivity index (χ0n) is 14.5. The molecule has 1 aromatic carbocycles. The van der Waals surface area contributed by atoms with Crippen LogP contribution in [0.4, 0.5) is 0 Å². The van der Waals surface area contributed by atoms with E-state index < -0.39 is 6.10 Å². The highest BCUT2D eigenvalue weighted by Crippen LogP contribution is 2.34. The third kappa shape index (κ3) is 3.58. The second kappa shape index (κ2) is 7.83. The van der Waals surface area contributed by atoms with Crippen LogP contribution >= 0.6 is 27.5 Å². The summed E-state index contributed by atoms with van der Waals surface area (Å²) >= 11 is 9.20. The highest BCUT2D eigenvalue weighted by molar-refractivity contribution is 9.10. The molecule has 1 atom stereocenters. The maximum absolute atomic E-state index is 12.0. The van der Waals surface area contributed by atoms with Gasteiger partial charge in [0.2, 0.25) is 0 Å². The van der Waals surface area contributed by atoms with E-state index in [0.29, 0.717) is 21.6 Å². The van der Waals surface area contributed by atoms with E-state index in [-0.39, 0.29) is 18.0 Å². The zero-order valence-corrected chi connectivity index (χ0v) is 16.9. The molecular formula is C19H16BrClN4O3. The van der Waals surface area contributed by atoms with Gasteiger partial charge in [-0.2, -0.15) is 0 Å². The molecule has 0 amide bonds. The van der Waals surface area contributed by atoms with E-state index in [0.717, 1.165) is 17.0 Å². The van der Waals surface area contributed by atoms with Gasteiger partial charge in [0.15, 0.2) is 0 Å². The number of nitrogens with zero attached hydrogens (tertiary/aromatic N) is 2. The third-order valence-electron chi connectivity index (χ3n) is 4.38. The van der Waals surface area contributed by atoms with E-state index in [4.69, 9.17) is 16.3 Å². The van der Waals surface area contributed by atoms with Crippen molar-refractivity contribution in [2.75, 3.05) is 6.61 Å². The Labute approximate surface area is 173 Å².